The van der Waals surface area contributed by atoms with E-state index in [0.717, 1.165) is 13.1 Å². The van der Waals surface area contributed by atoms with Crippen LogP contribution in [0.15, 0.2) is 0 Å². The highest BCUT2D eigenvalue weighted by atomic mass is 35.6. The second-order valence-electron chi connectivity index (χ2n) is 1.39. The molecule has 0 fully saturated rings. The summed E-state index contributed by atoms with van der Waals surface area (Å²) in [4.78, 5) is 0. The minimum absolute atomic E-state index is 1.09. The summed E-state index contributed by atoms with van der Waals surface area (Å²) in [5.74, 6) is 0. The summed E-state index contributed by atoms with van der Waals surface area (Å²) in [6, 6.07) is 0. The molecule has 0 aliphatic carbocycles. The van der Waals surface area contributed by atoms with Crippen LogP contribution in [0.3, 0.4) is 0 Å². The molecule has 0 bridgehead atoms. The molecule has 0 amide bonds. The van der Waals surface area contributed by atoms with Gasteiger partial charge in [-0.15, -0.1) is 0 Å². The molecule has 0 aromatic carbocycles. The lowest BCUT2D eigenvalue weighted by atomic mass is 10.7. The van der Waals surface area contributed by atoms with Crippen LogP contribution in [0.4, 0.5) is 0 Å². The van der Waals surface area contributed by atoms with E-state index >= 15 is 0 Å². The highest BCUT2D eigenvalue weighted by molar-refractivity contribution is 6.83. The van der Waals surface area contributed by atoms with Gasteiger partial charge in [-0.25, -0.2) is 0 Å². The Labute approximate surface area is 82.0 Å². The summed E-state index contributed by atoms with van der Waals surface area (Å²) in [6.45, 7) is 6.39. The van der Waals surface area contributed by atoms with E-state index in [-0.39, 0.29) is 0 Å². The van der Waals surface area contributed by atoms with Crippen LogP contribution < -0.4 is 5.32 Å². The average molecular weight is 227 g/mol. The van der Waals surface area contributed by atoms with Gasteiger partial charge >= 0.3 is 0 Å². The maximum atomic E-state index is 4.83. The first-order valence-corrected chi connectivity index (χ1v) is 4.39. The van der Waals surface area contributed by atoms with Crippen molar-refractivity contribution < 1.29 is 0 Å². The summed E-state index contributed by atoms with van der Waals surface area (Å²) in [6.07, 6.45) is 0. The monoisotopic (exact) mass is 225 g/mol. The minimum Gasteiger partial charge on any atom is -0.317 e. The zero-order valence-electron chi connectivity index (χ0n) is 5.93. The number of hydrogen-bond acceptors (Lipinski definition) is 1. The standard InChI is InChI=1S/C4H11N.CCl4/c1-3-5-4-2;2-1(3,4)5/h5H,3-4H2,1-2H3;. The predicted molar refractivity (Wildman–Crippen MR) is 50.4 cm³/mol. The average Bonchev–Trinajstić information content (AvgIpc) is 1.63. The number of nitrogens with one attached hydrogen (secondary N) is 1. The molecule has 0 unspecified atom stereocenters. The van der Waals surface area contributed by atoms with Gasteiger partial charge in [-0.05, 0) is 13.1 Å². The molecule has 0 aliphatic heterocycles. The van der Waals surface area contributed by atoms with Crippen molar-refractivity contribution in [3.8, 4) is 0 Å². The maximum absolute atomic E-state index is 4.83. The highest BCUT2D eigenvalue weighted by Crippen LogP contribution is 2.29. The normalized spacial score (nSPS) is 10.2. The molecule has 0 rings (SSSR count). The van der Waals surface area contributed by atoms with E-state index in [1.54, 1.807) is 0 Å². The minimum atomic E-state index is -1.61. The van der Waals surface area contributed by atoms with Gasteiger partial charge in [0.15, 0.2) is 0 Å². The van der Waals surface area contributed by atoms with Gasteiger partial charge in [-0.2, -0.15) is 0 Å². The van der Waals surface area contributed by atoms with E-state index < -0.39 is 3.25 Å². The van der Waals surface area contributed by atoms with E-state index in [1.807, 2.05) is 0 Å². The Bertz CT molecular complexity index is 53.2. The Morgan fingerprint density at radius 3 is 1.20 bits per heavy atom. The van der Waals surface area contributed by atoms with Gasteiger partial charge < -0.3 is 5.32 Å². The lowest BCUT2D eigenvalue weighted by molar-refractivity contribution is 0.762. The summed E-state index contributed by atoms with van der Waals surface area (Å²) >= 11 is 19.3. The van der Waals surface area contributed by atoms with Crippen LogP contribution in [0.25, 0.3) is 0 Å². The fourth-order valence-corrected chi connectivity index (χ4v) is 0.250. The molecular formula is C5H11Cl4N. The molecule has 0 atom stereocenters. The van der Waals surface area contributed by atoms with Crippen LogP contribution in [-0.2, 0) is 0 Å². The predicted octanol–water partition coefficient (Wildman–Crippen LogP) is 3.17. The first-order valence-electron chi connectivity index (χ1n) is 2.88. The van der Waals surface area contributed by atoms with Crippen molar-refractivity contribution in [1.82, 2.24) is 5.32 Å². The van der Waals surface area contributed by atoms with Crippen LogP contribution in [0.5, 0.6) is 0 Å². The molecule has 0 aromatic rings. The molecular weight excluding hydrogens is 216 g/mol. The highest BCUT2D eigenvalue weighted by Gasteiger charge is 2.11. The number of halogens is 4. The molecule has 64 valence electrons. The Morgan fingerprint density at radius 1 is 1.00 bits per heavy atom. The molecule has 0 radical (unpaired) electrons. The van der Waals surface area contributed by atoms with Crippen molar-refractivity contribution in [3.63, 3.8) is 0 Å². The van der Waals surface area contributed by atoms with Crippen molar-refractivity contribution in [2.45, 2.75) is 17.1 Å². The number of alkyl halides is 4. The van der Waals surface area contributed by atoms with Crippen LogP contribution in [-0.4, -0.2) is 16.3 Å². The van der Waals surface area contributed by atoms with E-state index in [2.05, 4.69) is 19.2 Å². The maximum Gasteiger partial charge on any atom is 0.266 e. The molecule has 0 aliphatic rings. The first kappa shape index (κ1) is 13.7. The Balaban J connectivity index is 0. The number of rotatable bonds is 2. The van der Waals surface area contributed by atoms with Crippen LogP contribution in [0.2, 0.25) is 0 Å². The Hall–Kier alpha value is 1.12. The number of hydrogen-bond donors (Lipinski definition) is 1. The molecule has 0 saturated heterocycles. The van der Waals surface area contributed by atoms with Gasteiger partial charge in [-0.3, -0.25) is 0 Å². The molecule has 0 spiro atoms. The summed E-state index contributed by atoms with van der Waals surface area (Å²) in [5, 5.41) is 3.11. The van der Waals surface area contributed by atoms with Crippen molar-refractivity contribution in [2.24, 2.45) is 0 Å². The Kier molecular flexibility index (Phi) is 11.3. The van der Waals surface area contributed by atoms with Crippen LogP contribution in [0, 0.1) is 0 Å². The first-order chi connectivity index (χ1) is 4.41. The molecule has 10 heavy (non-hydrogen) atoms. The molecule has 0 heterocycles. The molecule has 1 N–H and O–H groups in total. The summed E-state index contributed by atoms with van der Waals surface area (Å²) < 4.78 is -1.61. The fraction of sp³-hybridized carbons (Fsp3) is 1.00. The largest absolute Gasteiger partial charge is 0.317 e. The molecule has 0 saturated carbocycles. The van der Waals surface area contributed by atoms with Crippen molar-refractivity contribution in [3.05, 3.63) is 0 Å². The van der Waals surface area contributed by atoms with Crippen molar-refractivity contribution in [1.29, 1.82) is 0 Å². The quantitative estimate of drug-likeness (QED) is 0.714. The van der Waals surface area contributed by atoms with Gasteiger partial charge in [0.1, 0.15) is 0 Å². The van der Waals surface area contributed by atoms with Crippen molar-refractivity contribution >= 4 is 46.4 Å². The second-order valence-corrected chi connectivity index (χ2v) is 4.81. The third kappa shape index (κ3) is 61.8. The Morgan fingerprint density at radius 2 is 1.20 bits per heavy atom. The van der Waals surface area contributed by atoms with E-state index in [1.165, 1.54) is 0 Å². The molecule has 5 heteroatoms. The van der Waals surface area contributed by atoms with Crippen LogP contribution >= 0.6 is 46.4 Å². The van der Waals surface area contributed by atoms with Gasteiger partial charge in [0, 0.05) is 0 Å². The van der Waals surface area contributed by atoms with Crippen molar-refractivity contribution in [2.75, 3.05) is 13.1 Å². The molecule has 0 aromatic heterocycles. The SMILES string of the molecule is CCNCC.ClC(Cl)(Cl)Cl. The van der Waals surface area contributed by atoms with E-state index in [4.69, 9.17) is 46.4 Å². The molecule has 1 nitrogen and oxygen atoms in total. The van der Waals surface area contributed by atoms with Gasteiger partial charge in [0.25, 0.3) is 3.25 Å². The zero-order valence-corrected chi connectivity index (χ0v) is 8.95. The third-order valence-electron chi connectivity index (χ3n) is 0.500. The van der Waals surface area contributed by atoms with E-state index in [9.17, 15) is 0 Å². The summed E-state index contributed by atoms with van der Waals surface area (Å²) in [5.41, 5.74) is 0. The fourth-order valence-electron chi connectivity index (χ4n) is 0.250. The van der Waals surface area contributed by atoms with Crippen LogP contribution in [0.1, 0.15) is 13.8 Å². The van der Waals surface area contributed by atoms with Gasteiger partial charge in [-0.1, -0.05) is 60.3 Å². The smallest absolute Gasteiger partial charge is 0.266 e. The lowest BCUT2D eigenvalue weighted by Crippen LogP contribution is -2.09. The second kappa shape index (κ2) is 8.22. The van der Waals surface area contributed by atoms with Gasteiger partial charge in [0.2, 0.25) is 0 Å². The zero-order chi connectivity index (χ0) is 8.62. The topological polar surface area (TPSA) is 12.0 Å². The van der Waals surface area contributed by atoms with E-state index in [0.29, 0.717) is 0 Å². The lowest BCUT2D eigenvalue weighted by Gasteiger charge is -1.91. The third-order valence-corrected chi connectivity index (χ3v) is 0.500. The van der Waals surface area contributed by atoms with Gasteiger partial charge in [0.05, 0.1) is 0 Å². The summed E-state index contributed by atoms with van der Waals surface area (Å²) in [7, 11) is 0.